The number of nitrogens with zero attached hydrogens (tertiary/aromatic N) is 2. The van der Waals surface area contributed by atoms with Gasteiger partial charge in [-0.15, -0.1) is 0 Å². The minimum atomic E-state index is -0.508. The summed E-state index contributed by atoms with van der Waals surface area (Å²) in [5, 5.41) is 0. The lowest BCUT2D eigenvalue weighted by atomic mass is 10.3. The van der Waals surface area contributed by atoms with Crippen molar-refractivity contribution in [3.05, 3.63) is 41.2 Å². The van der Waals surface area contributed by atoms with Gasteiger partial charge in [-0.1, -0.05) is 23.5 Å². The molecule has 0 N–H and O–H groups in total. The topological polar surface area (TPSA) is 97.6 Å². The van der Waals surface area contributed by atoms with Gasteiger partial charge < -0.3 is 28.3 Å². The standard InChI is InChI=1S/C20H18N2O7S/c1-25-13-5-3-4-6-14(13)27-10-18(23)21-20-22(9-19(24)26-2)12-7-15-16(29-11-28-15)8-17(12)30-20/h3-8H,9-11H2,1-2H3. The van der Waals surface area contributed by atoms with Crippen LogP contribution in [-0.4, -0.2) is 44.1 Å². The SMILES string of the molecule is COC(=O)Cn1c(=NC(=O)COc2ccccc2OC)sc2cc3c(cc21)OCO3. The van der Waals surface area contributed by atoms with Crippen LogP contribution in [0.4, 0.5) is 0 Å². The van der Waals surface area contributed by atoms with Gasteiger partial charge in [0, 0.05) is 12.1 Å². The molecule has 0 bridgehead atoms. The number of ether oxygens (including phenoxy) is 5. The number of carbonyl (C=O) groups excluding carboxylic acids is 2. The Kier molecular flexibility index (Phi) is 5.57. The van der Waals surface area contributed by atoms with Crippen LogP contribution >= 0.6 is 11.3 Å². The molecule has 2 heterocycles. The average molecular weight is 430 g/mol. The van der Waals surface area contributed by atoms with Crippen molar-refractivity contribution >= 4 is 33.4 Å². The summed E-state index contributed by atoms with van der Waals surface area (Å²) in [6, 6.07) is 10.6. The molecule has 0 saturated carbocycles. The number of hydrogen-bond acceptors (Lipinski definition) is 8. The van der Waals surface area contributed by atoms with Gasteiger partial charge >= 0.3 is 5.97 Å². The van der Waals surface area contributed by atoms with E-state index in [2.05, 4.69) is 4.99 Å². The maximum absolute atomic E-state index is 12.5. The molecule has 1 aliphatic heterocycles. The van der Waals surface area contributed by atoms with Gasteiger partial charge in [0.25, 0.3) is 5.91 Å². The number of methoxy groups -OCH3 is 2. The highest BCUT2D eigenvalue weighted by Gasteiger charge is 2.19. The fourth-order valence-corrected chi connectivity index (χ4v) is 3.96. The number of hydrogen-bond donors (Lipinski definition) is 0. The van der Waals surface area contributed by atoms with E-state index in [0.29, 0.717) is 33.3 Å². The van der Waals surface area contributed by atoms with E-state index >= 15 is 0 Å². The number of rotatable bonds is 6. The van der Waals surface area contributed by atoms with Crippen LogP contribution in [-0.2, 0) is 20.9 Å². The molecule has 0 radical (unpaired) electrons. The molecule has 0 saturated heterocycles. The first-order valence-electron chi connectivity index (χ1n) is 8.92. The molecule has 0 spiro atoms. The summed E-state index contributed by atoms with van der Waals surface area (Å²) in [7, 11) is 2.82. The third-order valence-electron chi connectivity index (χ3n) is 4.33. The van der Waals surface area contributed by atoms with Gasteiger partial charge in [-0.2, -0.15) is 4.99 Å². The molecule has 9 nitrogen and oxygen atoms in total. The van der Waals surface area contributed by atoms with Gasteiger partial charge in [0.05, 0.1) is 24.4 Å². The Balaban J connectivity index is 1.66. The highest BCUT2D eigenvalue weighted by Crippen LogP contribution is 2.37. The minimum absolute atomic E-state index is 0.102. The molecule has 10 heteroatoms. The van der Waals surface area contributed by atoms with E-state index in [9.17, 15) is 9.59 Å². The summed E-state index contributed by atoms with van der Waals surface area (Å²) in [6.45, 7) is -0.245. The molecule has 1 amide bonds. The molecule has 0 atom stereocenters. The van der Waals surface area contributed by atoms with Crippen molar-refractivity contribution in [2.45, 2.75) is 6.54 Å². The number of carbonyl (C=O) groups is 2. The van der Waals surface area contributed by atoms with Crippen LogP contribution in [0.2, 0.25) is 0 Å². The first-order chi connectivity index (χ1) is 14.6. The van der Waals surface area contributed by atoms with E-state index in [1.165, 1.54) is 25.6 Å². The van der Waals surface area contributed by atoms with Crippen LogP contribution in [0.25, 0.3) is 10.2 Å². The molecule has 156 valence electrons. The molecule has 0 unspecified atom stereocenters. The van der Waals surface area contributed by atoms with E-state index in [0.717, 1.165) is 4.70 Å². The molecule has 2 aromatic carbocycles. The maximum Gasteiger partial charge on any atom is 0.325 e. The van der Waals surface area contributed by atoms with Crippen molar-refractivity contribution in [2.75, 3.05) is 27.6 Å². The fraction of sp³-hybridized carbons (Fsp3) is 0.250. The molecule has 3 aromatic rings. The lowest BCUT2D eigenvalue weighted by Gasteiger charge is -2.08. The summed E-state index contributed by atoms with van der Waals surface area (Å²) in [4.78, 5) is 28.9. The van der Waals surface area contributed by atoms with Crippen molar-refractivity contribution in [1.82, 2.24) is 4.57 Å². The van der Waals surface area contributed by atoms with E-state index in [1.54, 1.807) is 41.0 Å². The number of aromatic nitrogens is 1. The smallest absolute Gasteiger partial charge is 0.325 e. The Morgan fingerprint density at radius 1 is 1.13 bits per heavy atom. The van der Waals surface area contributed by atoms with Gasteiger partial charge in [0.15, 0.2) is 34.4 Å². The van der Waals surface area contributed by atoms with Gasteiger partial charge in [-0.3, -0.25) is 9.59 Å². The summed E-state index contributed by atoms with van der Waals surface area (Å²) in [5.41, 5.74) is 0.687. The first-order valence-corrected chi connectivity index (χ1v) is 9.74. The van der Waals surface area contributed by atoms with Crippen LogP contribution in [0.15, 0.2) is 41.4 Å². The van der Waals surface area contributed by atoms with Gasteiger partial charge in [-0.25, -0.2) is 0 Å². The molecule has 0 aliphatic carbocycles. The summed E-state index contributed by atoms with van der Waals surface area (Å²) < 4.78 is 28.7. The quantitative estimate of drug-likeness (QED) is 0.553. The van der Waals surface area contributed by atoms with E-state index in [-0.39, 0.29) is 19.9 Å². The second kappa shape index (κ2) is 8.46. The van der Waals surface area contributed by atoms with Gasteiger partial charge in [0.1, 0.15) is 6.54 Å². The zero-order valence-electron chi connectivity index (χ0n) is 16.2. The Morgan fingerprint density at radius 3 is 2.60 bits per heavy atom. The summed E-state index contributed by atoms with van der Waals surface area (Å²) >= 11 is 1.25. The van der Waals surface area contributed by atoms with Crippen molar-refractivity contribution in [3.63, 3.8) is 0 Å². The number of fused-ring (bicyclic) bond motifs is 2. The minimum Gasteiger partial charge on any atom is -0.493 e. The number of benzene rings is 2. The lowest BCUT2D eigenvalue weighted by Crippen LogP contribution is -2.23. The zero-order chi connectivity index (χ0) is 21.1. The summed E-state index contributed by atoms with van der Waals surface area (Å²) in [6.07, 6.45) is 0. The van der Waals surface area contributed by atoms with Crippen LogP contribution in [0.3, 0.4) is 0 Å². The number of amides is 1. The number of esters is 1. The normalized spacial score (nSPS) is 12.8. The second-order valence-electron chi connectivity index (χ2n) is 6.17. The molecule has 30 heavy (non-hydrogen) atoms. The molecule has 0 fully saturated rings. The molecule has 4 rings (SSSR count). The largest absolute Gasteiger partial charge is 0.493 e. The van der Waals surface area contributed by atoms with E-state index in [4.69, 9.17) is 23.7 Å². The zero-order valence-corrected chi connectivity index (χ0v) is 17.1. The Hall–Kier alpha value is -3.53. The maximum atomic E-state index is 12.5. The van der Waals surface area contributed by atoms with Crippen LogP contribution in [0, 0.1) is 0 Å². The van der Waals surface area contributed by atoms with E-state index < -0.39 is 11.9 Å². The highest BCUT2D eigenvalue weighted by molar-refractivity contribution is 7.16. The Morgan fingerprint density at radius 2 is 1.87 bits per heavy atom. The summed E-state index contributed by atoms with van der Waals surface area (Å²) in [5.74, 6) is 1.15. The lowest BCUT2D eigenvalue weighted by molar-refractivity contribution is -0.141. The van der Waals surface area contributed by atoms with Gasteiger partial charge in [0.2, 0.25) is 6.79 Å². The Labute approximate surface area is 175 Å². The molecular formula is C20H18N2O7S. The van der Waals surface area contributed by atoms with Crippen molar-refractivity contribution in [1.29, 1.82) is 0 Å². The molecule has 1 aromatic heterocycles. The first kappa shape index (κ1) is 19.8. The van der Waals surface area contributed by atoms with Crippen LogP contribution in [0.1, 0.15) is 0 Å². The number of para-hydroxylation sites is 2. The monoisotopic (exact) mass is 430 g/mol. The van der Waals surface area contributed by atoms with Crippen molar-refractivity contribution in [3.8, 4) is 23.0 Å². The van der Waals surface area contributed by atoms with Crippen LogP contribution in [0.5, 0.6) is 23.0 Å². The predicted molar refractivity (Wildman–Crippen MR) is 107 cm³/mol. The Bertz CT molecular complexity index is 1180. The highest BCUT2D eigenvalue weighted by atomic mass is 32.1. The van der Waals surface area contributed by atoms with Crippen LogP contribution < -0.4 is 23.7 Å². The molecule has 1 aliphatic rings. The predicted octanol–water partition coefficient (Wildman–Crippen LogP) is 2.12. The fourth-order valence-electron chi connectivity index (χ4n) is 2.91. The van der Waals surface area contributed by atoms with E-state index in [1.807, 2.05) is 0 Å². The second-order valence-corrected chi connectivity index (χ2v) is 7.17. The van der Waals surface area contributed by atoms with Gasteiger partial charge in [-0.05, 0) is 12.1 Å². The third kappa shape index (κ3) is 3.94. The third-order valence-corrected chi connectivity index (χ3v) is 5.37. The number of thiazole rings is 1. The average Bonchev–Trinajstić information content (AvgIpc) is 3.34. The van der Waals surface area contributed by atoms with Crippen molar-refractivity contribution < 1.29 is 33.3 Å². The van der Waals surface area contributed by atoms with Crippen molar-refractivity contribution in [2.24, 2.45) is 4.99 Å². The molecular weight excluding hydrogens is 412 g/mol.